The maximum atomic E-state index is 12.7. The zero-order valence-corrected chi connectivity index (χ0v) is 19.5. The van der Waals surface area contributed by atoms with Gasteiger partial charge in [-0.25, -0.2) is 14.4 Å². The summed E-state index contributed by atoms with van der Waals surface area (Å²) in [6.45, 7) is 1.83. The molecule has 0 saturated heterocycles. The fourth-order valence-electron chi connectivity index (χ4n) is 3.51. The number of para-hydroxylation sites is 1. The molecular formula is C27H22N2O7. The van der Waals surface area contributed by atoms with Crippen molar-refractivity contribution >= 4 is 40.2 Å². The quantitative estimate of drug-likeness (QED) is 0.278. The fraction of sp³-hybridized carbons (Fsp3) is 0.111. The number of ether oxygens (including phenoxy) is 3. The van der Waals surface area contributed by atoms with E-state index in [0.29, 0.717) is 28.0 Å². The molecule has 0 unspecified atom stereocenters. The number of aromatic hydroxyl groups is 1. The zero-order valence-electron chi connectivity index (χ0n) is 19.5. The van der Waals surface area contributed by atoms with Crippen LogP contribution in [0, 0.1) is 0 Å². The molecule has 0 fully saturated rings. The molecule has 0 bridgehead atoms. The van der Waals surface area contributed by atoms with E-state index in [0.717, 1.165) is 0 Å². The van der Waals surface area contributed by atoms with E-state index in [2.05, 4.69) is 10.3 Å². The molecule has 0 aliphatic rings. The molecule has 2 N–H and O–H groups in total. The lowest BCUT2D eigenvalue weighted by Gasteiger charge is -2.15. The summed E-state index contributed by atoms with van der Waals surface area (Å²) in [5.41, 5.74) is 1.53. The maximum absolute atomic E-state index is 12.7. The van der Waals surface area contributed by atoms with Crippen LogP contribution in [0.5, 0.6) is 11.5 Å². The number of aromatic nitrogens is 1. The van der Waals surface area contributed by atoms with E-state index >= 15 is 0 Å². The van der Waals surface area contributed by atoms with Crippen LogP contribution in [-0.4, -0.2) is 41.7 Å². The van der Waals surface area contributed by atoms with Gasteiger partial charge in [0.05, 0.1) is 30.5 Å². The second-order valence-corrected chi connectivity index (χ2v) is 7.55. The lowest BCUT2D eigenvalue weighted by atomic mass is 10.1. The number of fused-ring (bicyclic) bond motifs is 1. The molecular weight excluding hydrogens is 464 g/mol. The van der Waals surface area contributed by atoms with Crippen LogP contribution in [0.1, 0.15) is 38.0 Å². The van der Waals surface area contributed by atoms with Crippen molar-refractivity contribution in [2.75, 3.05) is 19.0 Å². The second-order valence-electron chi connectivity index (χ2n) is 7.55. The minimum atomic E-state index is -0.727. The number of anilines is 2. The first-order valence-electron chi connectivity index (χ1n) is 11.0. The van der Waals surface area contributed by atoms with Crippen LogP contribution < -0.4 is 10.1 Å². The second kappa shape index (κ2) is 10.6. The lowest BCUT2D eigenvalue weighted by Crippen LogP contribution is -2.11. The van der Waals surface area contributed by atoms with E-state index in [4.69, 9.17) is 14.2 Å². The molecule has 1 aromatic heterocycles. The normalized spacial score (nSPS) is 10.5. The third kappa shape index (κ3) is 5.10. The summed E-state index contributed by atoms with van der Waals surface area (Å²) in [5.74, 6) is -1.89. The monoisotopic (exact) mass is 486 g/mol. The number of pyridine rings is 1. The molecule has 9 heteroatoms. The van der Waals surface area contributed by atoms with Crippen LogP contribution >= 0.6 is 0 Å². The van der Waals surface area contributed by atoms with Gasteiger partial charge in [0.1, 0.15) is 22.6 Å². The highest BCUT2D eigenvalue weighted by atomic mass is 16.5. The van der Waals surface area contributed by atoms with Crippen molar-refractivity contribution in [2.45, 2.75) is 6.92 Å². The summed E-state index contributed by atoms with van der Waals surface area (Å²) in [5, 5.41) is 14.1. The Morgan fingerprint density at radius 3 is 2.39 bits per heavy atom. The summed E-state index contributed by atoms with van der Waals surface area (Å²) >= 11 is 0. The van der Waals surface area contributed by atoms with Crippen molar-refractivity contribution in [1.82, 2.24) is 4.98 Å². The number of carbonyl (C=O) groups excluding carboxylic acids is 3. The summed E-state index contributed by atoms with van der Waals surface area (Å²) in [6.07, 6.45) is 1.37. The van der Waals surface area contributed by atoms with Gasteiger partial charge in [-0.2, -0.15) is 0 Å². The van der Waals surface area contributed by atoms with Gasteiger partial charge in [0.2, 0.25) is 0 Å². The average Bonchev–Trinajstić information content (AvgIpc) is 2.88. The molecule has 0 atom stereocenters. The van der Waals surface area contributed by atoms with E-state index in [1.54, 1.807) is 61.5 Å². The number of rotatable bonds is 7. The van der Waals surface area contributed by atoms with Gasteiger partial charge in [-0.3, -0.25) is 4.98 Å². The summed E-state index contributed by atoms with van der Waals surface area (Å²) in [4.78, 5) is 41.6. The third-order valence-corrected chi connectivity index (χ3v) is 5.23. The van der Waals surface area contributed by atoms with Crippen LogP contribution in [0.2, 0.25) is 0 Å². The Kier molecular flexibility index (Phi) is 7.10. The minimum Gasteiger partial charge on any atom is -0.507 e. The zero-order chi connectivity index (χ0) is 25.7. The van der Waals surface area contributed by atoms with E-state index in [1.807, 2.05) is 0 Å². The number of phenols is 1. The standard InChI is InChI=1S/C27H22N2O7/c1-3-35-26(32)21-15-28-22-12-9-16(25(31)34-2)13-20(22)24(21)29-17-10-11-19(23(30)14-17)27(33)36-18-7-5-4-6-8-18/h4-15,30H,3H2,1-2H3,(H,28,29). The number of nitrogens with one attached hydrogen (secondary N) is 1. The number of esters is 3. The predicted octanol–water partition coefficient (Wildman–Crippen LogP) is 4.87. The molecule has 0 radical (unpaired) electrons. The highest BCUT2D eigenvalue weighted by Crippen LogP contribution is 2.33. The molecule has 0 aliphatic carbocycles. The Hall–Kier alpha value is -4.92. The minimum absolute atomic E-state index is 0.0393. The third-order valence-electron chi connectivity index (χ3n) is 5.23. The van der Waals surface area contributed by atoms with Crippen molar-refractivity contribution in [3.63, 3.8) is 0 Å². The van der Waals surface area contributed by atoms with Gasteiger partial charge in [0.25, 0.3) is 0 Å². The van der Waals surface area contributed by atoms with Gasteiger partial charge in [-0.15, -0.1) is 0 Å². The van der Waals surface area contributed by atoms with E-state index in [-0.39, 0.29) is 29.0 Å². The smallest absolute Gasteiger partial charge is 0.347 e. The first-order valence-corrected chi connectivity index (χ1v) is 11.0. The maximum Gasteiger partial charge on any atom is 0.347 e. The van der Waals surface area contributed by atoms with Crippen LogP contribution in [0.3, 0.4) is 0 Å². The Balaban J connectivity index is 1.72. The SMILES string of the molecule is CCOC(=O)c1cnc2ccc(C(=O)OC)cc2c1Nc1ccc(C(=O)Oc2ccccc2)c(O)c1. The molecule has 0 aliphatic heterocycles. The number of hydrogen-bond acceptors (Lipinski definition) is 9. The van der Waals surface area contributed by atoms with Gasteiger partial charge in [-0.05, 0) is 49.4 Å². The van der Waals surface area contributed by atoms with Crippen molar-refractivity contribution < 1.29 is 33.7 Å². The van der Waals surface area contributed by atoms with Gasteiger partial charge < -0.3 is 24.6 Å². The van der Waals surface area contributed by atoms with E-state index in [1.165, 1.54) is 25.4 Å². The van der Waals surface area contributed by atoms with E-state index < -0.39 is 17.9 Å². The molecule has 3 aromatic carbocycles. The molecule has 9 nitrogen and oxygen atoms in total. The fourth-order valence-corrected chi connectivity index (χ4v) is 3.51. The molecule has 1 heterocycles. The van der Waals surface area contributed by atoms with Crippen LogP contribution in [0.25, 0.3) is 10.9 Å². The number of methoxy groups -OCH3 is 1. The van der Waals surface area contributed by atoms with Crippen molar-refractivity contribution in [3.05, 3.63) is 89.6 Å². The predicted molar refractivity (Wildman–Crippen MR) is 132 cm³/mol. The molecule has 36 heavy (non-hydrogen) atoms. The first kappa shape index (κ1) is 24.2. The Bertz CT molecular complexity index is 1450. The van der Waals surface area contributed by atoms with Crippen LogP contribution in [0.4, 0.5) is 11.4 Å². The average molecular weight is 486 g/mol. The number of phenolic OH excluding ortho intramolecular Hbond substituents is 1. The number of hydrogen-bond donors (Lipinski definition) is 2. The summed E-state index contributed by atoms with van der Waals surface area (Å²) in [6, 6.07) is 17.5. The molecule has 4 rings (SSSR count). The van der Waals surface area contributed by atoms with Crippen LogP contribution in [0.15, 0.2) is 72.9 Å². The van der Waals surface area contributed by atoms with Gasteiger partial charge in [0.15, 0.2) is 0 Å². The lowest BCUT2D eigenvalue weighted by molar-refractivity contribution is 0.0526. The Morgan fingerprint density at radius 2 is 1.69 bits per heavy atom. The largest absolute Gasteiger partial charge is 0.507 e. The van der Waals surface area contributed by atoms with Gasteiger partial charge >= 0.3 is 17.9 Å². The molecule has 0 amide bonds. The summed E-state index contributed by atoms with van der Waals surface area (Å²) in [7, 11) is 1.27. The molecule has 0 spiro atoms. The summed E-state index contributed by atoms with van der Waals surface area (Å²) < 4.78 is 15.3. The Labute approximate surface area is 206 Å². The molecule has 4 aromatic rings. The van der Waals surface area contributed by atoms with Gasteiger partial charge in [0, 0.05) is 23.3 Å². The Morgan fingerprint density at radius 1 is 0.917 bits per heavy atom. The topological polar surface area (TPSA) is 124 Å². The molecule has 182 valence electrons. The van der Waals surface area contributed by atoms with Crippen LogP contribution in [-0.2, 0) is 9.47 Å². The molecule has 0 saturated carbocycles. The number of benzene rings is 3. The first-order chi connectivity index (χ1) is 17.4. The number of carbonyl (C=O) groups is 3. The van der Waals surface area contributed by atoms with Crippen molar-refractivity contribution in [1.29, 1.82) is 0 Å². The van der Waals surface area contributed by atoms with E-state index in [9.17, 15) is 19.5 Å². The van der Waals surface area contributed by atoms with Crippen molar-refractivity contribution in [2.24, 2.45) is 0 Å². The van der Waals surface area contributed by atoms with Crippen molar-refractivity contribution in [3.8, 4) is 11.5 Å². The number of nitrogens with zero attached hydrogens (tertiary/aromatic N) is 1. The highest BCUT2D eigenvalue weighted by Gasteiger charge is 2.20. The van der Waals surface area contributed by atoms with Gasteiger partial charge in [-0.1, -0.05) is 18.2 Å². The highest BCUT2D eigenvalue weighted by molar-refractivity contribution is 6.08.